The van der Waals surface area contributed by atoms with Crippen LogP contribution in [0, 0.1) is 11.6 Å². The monoisotopic (exact) mass is 426 g/mol. The number of fused-ring (bicyclic) bond motifs is 3. The lowest BCUT2D eigenvalue weighted by Gasteiger charge is -2.40. The zero-order chi connectivity index (χ0) is 21.0. The average molecular weight is 426 g/mol. The number of nitrogens with zero attached hydrogens (tertiary/aromatic N) is 2. The van der Waals surface area contributed by atoms with Gasteiger partial charge in [-0.3, -0.25) is 14.3 Å². The largest absolute Gasteiger partial charge is 0.503 e. The SMILES string of the molecule is O=C1CCN([C@H]2c3ccccc3SCc3c2ccc(F)c3F)n2ccc(=O)c(O)c21. The Morgan fingerprint density at radius 3 is 2.67 bits per heavy atom. The Morgan fingerprint density at radius 1 is 1.03 bits per heavy atom. The predicted molar refractivity (Wildman–Crippen MR) is 109 cm³/mol. The molecule has 3 heterocycles. The fourth-order valence-electron chi connectivity index (χ4n) is 4.17. The Bertz CT molecular complexity index is 1260. The molecular weight excluding hydrogens is 410 g/mol. The molecule has 1 atom stereocenters. The molecule has 3 aromatic rings. The van der Waals surface area contributed by atoms with Crippen molar-refractivity contribution >= 4 is 17.5 Å². The lowest BCUT2D eigenvalue weighted by Crippen LogP contribution is -2.46. The summed E-state index contributed by atoms with van der Waals surface area (Å²) in [6.45, 7) is 0.288. The minimum atomic E-state index is -0.908. The van der Waals surface area contributed by atoms with Gasteiger partial charge in [-0.2, -0.15) is 0 Å². The lowest BCUT2D eigenvalue weighted by molar-refractivity contribution is 0.0952. The van der Waals surface area contributed by atoms with E-state index in [1.165, 1.54) is 28.7 Å². The number of Topliss-reactive ketones (excluding diaryl/α,β-unsaturated/α-hetero) is 1. The number of rotatable bonds is 1. The van der Waals surface area contributed by atoms with Crippen molar-refractivity contribution in [3.8, 4) is 5.75 Å². The van der Waals surface area contributed by atoms with E-state index in [1.54, 1.807) is 6.07 Å². The molecule has 152 valence electrons. The normalized spacial score (nSPS) is 17.7. The van der Waals surface area contributed by atoms with E-state index in [1.807, 2.05) is 29.3 Å². The molecule has 0 radical (unpaired) electrons. The van der Waals surface area contributed by atoms with Gasteiger partial charge in [0.05, 0.1) is 6.04 Å². The van der Waals surface area contributed by atoms with Gasteiger partial charge in [0.2, 0.25) is 5.43 Å². The molecule has 0 unspecified atom stereocenters. The van der Waals surface area contributed by atoms with Crippen LogP contribution in [-0.2, 0) is 5.75 Å². The van der Waals surface area contributed by atoms with Gasteiger partial charge in [-0.1, -0.05) is 24.3 Å². The molecule has 0 bridgehead atoms. The van der Waals surface area contributed by atoms with Crippen LogP contribution in [-0.4, -0.2) is 22.1 Å². The van der Waals surface area contributed by atoms with Crippen molar-refractivity contribution in [2.24, 2.45) is 0 Å². The molecule has 1 N–H and O–H groups in total. The number of hydrogen-bond acceptors (Lipinski definition) is 5. The molecule has 0 spiro atoms. The van der Waals surface area contributed by atoms with Gasteiger partial charge >= 0.3 is 0 Å². The minimum Gasteiger partial charge on any atom is -0.503 e. The first-order chi connectivity index (χ1) is 14.5. The highest BCUT2D eigenvalue weighted by Crippen LogP contribution is 2.43. The Balaban J connectivity index is 1.79. The van der Waals surface area contributed by atoms with E-state index in [9.17, 15) is 23.5 Å². The second-order valence-corrected chi connectivity index (χ2v) is 8.23. The first-order valence-electron chi connectivity index (χ1n) is 9.40. The highest BCUT2D eigenvalue weighted by Gasteiger charge is 2.36. The maximum absolute atomic E-state index is 14.8. The zero-order valence-electron chi connectivity index (χ0n) is 15.6. The van der Waals surface area contributed by atoms with Crippen LogP contribution in [0.25, 0.3) is 0 Å². The number of carbonyl (C=O) groups is 1. The second-order valence-electron chi connectivity index (χ2n) is 7.22. The summed E-state index contributed by atoms with van der Waals surface area (Å²) in [5.41, 5.74) is 1.01. The van der Waals surface area contributed by atoms with E-state index in [2.05, 4.69) is 0 Å². The molecule has 1 aromatic heterocycles. The Labute approximate surface area is 174 Å². The van der Waals surface area contributed by atoms with Gasteiger partial charge in [0.15, 0.2) is 28.9 Å². The standard InChI is InChI=1S/C22H16F2N2O3S/c23-15-6-5-12-14(19(15)24)11-30-18-4-2-1-3-13(18)20(12)25-9-7-16(27)21-22(29)17(28)8-10-26(21)25/h1-6,8,10,20,29H,7,9,11H2/t20-/m1/s1. The summed E-state index contributed by atoms with van der Waals surface area (Å²) in [6.07, 6.45) is 1.52. The Morgan fingerprint density at radius 2 is 1.83 bits per heavy atom. The molecule has 0 amide bonds. The first kappa shape index (κ1) is 18.9. The molecular formula is C22H16F2N2O3S. The van der Waals surface area contributed by atoms with Crippen LogP contribution >= 0.6 is 11.8 Å². The molecule has 0 saturated carbocycles. The van der Waals surface area contributed by atoms with Gasteiger partial charge in [-0.15, -0.1) is 11.8 Å². The number of aromatic hydroxyl groups is 1. The molecule has 0 saturated heterocycles. The summed E-state index contributed by atoms with van der Waals surface area (Å²) in [7, 11) is 0. The van der Waals surface area contributed by atoms with E-state index in [0.29, 0.717) is 5.56 Å². The molecule has 0 aliphatic carbocycles. The molecule has 5 nitrogen and oxygen atoms in total. The van der Waals surface area contributed by atoms with Crippen molar-refractivity contribution in [3.63, 3.8) is 0 Å². The number of hydrogen-bond donors (Lipinski definition) is 1. The summed E-state index contributed by atoms with van der Waals surface area (Å²) in [6, 6.07) is 10.9. The number of thioether (sulfide) groups is 1. The highest BCUT2D eigenvalue weighted by atomic mass is 32.2. The summed E-state index contributed by atoms with van der Waals surface area (Å²) < 4.78 is 30.2. The third-order valence-corrected chi connectivity index (χ3v) is 6.69. The van der Waals surface area contributed by atoms with E-state index >= 15 is 0 Å². The van der Waals surface area contributed by atoms with Gasteiger partial charge in [-0.05, 0) is 23.3 Å². The van der Waals surface area contributed by atoms with Gasteiger partial charge in [0, 0.05) is 41.4 Å². The number of aromatic nitrogens is 1. The highest BCUT2D eigenvalue weighted by molar-refractivity contribution is 7.98. The van der Waals surface area contributed by atoms with Gasteiger partial charge in [0.25, 0.3) is 0 Å². The van der Waals surface area contributed by atoms with Crippen LogP contribution in [0.4, 0.5) is 8.78 Å². The summed E-state index contributed by atoms with van der Waals surface area (Å²) in [5.74, 6) is -2.47. The number of ketones is 1. The van der Waals surface area contributed by atoms with Crippen molar-refractivity contribution in [2.45, 2.75) is 23.1 Å². The maximum atomic E-state index is 14.8. The van der Waals surface area contributed by atoms with Crippen LogP contribution in [0.3, 0.4) is 0 Å². The zero-order valence-corrected chi connectivity index (χ0v) is 16.5. The summed E-state index contributed by atoms with van der Waals surface area (Å²) in [5, 5.41) is 12.1. The Kier molecular flexibility index (Phi) is 4.39. The van der Waals surface area contributed by atoms with Crippen LogP contribution < -0.4 is 10.4 Å². The molecule has 30 heavy (non-hydrogen) atoms. The number of halogens is 2. The fraction of sp³-hybridized carbons (Fsp3) is 0.182. The third kappa shape index (κ3) is 2.74. The Hall–Kier alpha value is -3.13. The van der Waals surface area contributed by atoms with Crippen LogP contribution in [0.5, 0.6) is 5.75 Å². The van der Waals surface area contributed by atoms with Crippen molar-refractivity contribution in [1.29, 1.82) is 0 Å². The predicted octanol–water partition coefficient (Wildman–Crippen LogP) is 3.75. The van der Waals surface area contributed by atoms with Crippen molar-refractivity contribution in [3.05, 3.63) is 92.9 Å². The van der Waals surface area contributed by atoms with Gasteiger partial charge in [0.1, 0.15) is 0 Å². The molecule has 8 heteroatoms. The van der Waals surface area contributed by atoms with Crippen LogP contribution in [0.2, 0.25) is 0 Å². The number of benzene rings is 2. The van der Waals surface area contributed by atoms with E-state index in [4.69, 9.17) is 0 Å². The first-order valence-corrected chi connectivity index (χ1v) is 10.4. The molecule has 2 aliphatic heterocycles. The maximum Gasteiger partial charge on any atom is 0.224 e. The van der Waals surface area contributed by atoms with E-state index < -0.39 is 28.9 Å². The van der Waals surface area contributed by atoms with Crippen LogP contribution in [0.15, 0.2) is 58.4 Å². The fourth-order valence-corrected chi connectivity index (χ4v) is 5.29. The van der Waals surface area contributed by atoms with Gasteiger partial charge in [-0.25, -0.2) is 8.78 Å². The van der Waals surface area contributed by atoms with Crippen LogP contribution in [0.1, 0.15) is 39.6 Å². The minimum absolute atomic E-state index is 0.0852. The van der Waals surface area contributed by atoms with Crippen molar-refractivity contribution in [1.82, 2.24) is 4.68 Å². The quantitative estimate of drug-likeness (QED) is 0.642. The molecule has 2 aliphatic rings. The van der Waals surface area contributed by atoms with Gasteiger partial charge < -0.3 is 10.1 Å². The smallest absolute Gasteiger partial charge is 0.224 e. The van der Waals surface area contributed by atoms with Crippen molar-refractivity contribution in [2.75, 3.05) is 11.6 Å². The van der Waals surface area contributed by atoms with E-state index in [0.717, 1.165) is 16.5 Å². The lowest BCUT2D eigenvalue weighted by atomic mass is 9.93. The summed E-state index contributed by atoms with van der Waals surface area (Å²) >= 11 is 1.42. The summed E-state index contributed by atoms with van der Waals surface area (Å²) in [4.78, 5) is 25.3. The molecule has 0 fully saturated rings. The number of carbonyl (C=O) groups excluding carboxylic acids is 1. The topological polar surface area (TPSA) is 62.5 Å². The third-order valence-electron chi connectivity index (χ3n) is 5.57. The van der Waals surface area contributed by atoms with E-state index in [-0.39, 0.29) is 35.8 Å². The average Bonchev–Trinajstić information content (AvgIpc) is 2.91. The van der Waals surface area contributed by atoms with Crippen molar-refractivity contribution < 1.29 is 18.7 Å². The molecule has 5 rings (SSSR count). The molecule has 2 aromatic carbocycles. The number of pyridine rings is 1. The second kappa shape index (κ2) is 6.98.